The van der Waals surface area contributed by atoms with Crippen molar-refractivity contribution in [2.24, 2.45) is 0 Å². The number of hydrogen-bond acceptors (Lipinski definition) is 4. The van der Waals surface area contributed by atoms with Crippen LogP contribution in [0.5, 0.6) is 5.75 Å². The Labute approximate surface area is 154 Å². The van der Waals surface area contributed by atoms with Crippen LogP contribution in [0.2, 0.25) is 5.02 Å². The van der Waals surface area contributed by atoms with Crippen LogP contribution in [0.15, 0.2) is 36.5 Å². The molecule has 2 aromatic rings. The second-order valence-corrected chi connectivity index (χ2v) is 6.62. The van der Waals surface area contributed by atoms with E-state index in [2.05, 4.69) is 16.4 Å². The summed E-state index contributed by atoms with van der Waals surface area (Å²) in [4.78, 5) is 18.3. The zero-order valence-electron chi connectivity index (χ0n) is 15.0. The smallest absolute Gasteiger partial charge is 0.242 e. The van der Waals surface area contributed by atoms with Crippen molar-refractivity contribution in [3.63, 3.8) is 0 Å². The molecule has 5 nitrogen and oxygen atoms in total. The van der Waals surface area contributed by atoms with Crippen LogP contribution in [0.25, 0.3) is 0 Å². The zero-order valence-corrected chi connectivity index (χ0v) is 15.8. The van der Waals surface area contributed by atoms with Crippen molar-refractivity contribution < 1.29 is 9.53 Å². The maximum Gasteiger partial charge on any atom is 0.242 e. The lowest BCUT2D eigenvalue weighted by Crippen LogP contribution is -2.41. The predicted octanol–water partition coefficient (Wildman–Crippen LogP) is 3.69. The van der Waals surface area contributed by atoms with Gasteiger partial charge in [0.05, 0.1) is 11.1 Å². The Hall–Kier alpha value is -2.11. The number of halogens is 1. The molecule has 1 heterocycles. The van der Waals surface area contributed by atoms with Gasteiger partial charge in [-0.15, -0.1) is 0 Å². The third-order valence-corrected chi connectivity index (χ3v) is 4.15. The van der Waals surface area contributed by atoms with Gasteiger partial charge in [-0.2, -0.15) is 0 Å². The van der Waals surface area contributed by atoms with Gasteiger partial charge in [0.25, 0.3) is 0 Å². The topological polar surface area (TPSA) is 54.5 Å². The highest BCUT2D eigenvalue weighted by atomic mass is 35.5. The van der Waals surface area contributed by atoms with Crippen LogP contribution in [-0.2, 0) is 4.79 Å². The molecule has 1 N–H and O–H groups in total. The fourth-order valence-electron chi connectivity index (χ4n) is 2.40. The first kappa shape index (κ1) is 19.2. The molecule has 1 atom stereocenters. The first-order valence-electron chi connectivity index (χ1n) is 8.19. The molecule has 0 aliphatic carbocycles. The summed E-state index contributed by atoms with van der Waals surface area (Å²) in [5, 5.41) is 3.32. The highest BCUT2D eigenvalue weighted by Crippen LogP contribution is 2.16. The van der Waals surface area contributed by atoms with Gasteiger partial charge in [-0.1, -0.05) is 17.7 Å². The minimum Gasteiger partial charge on any atom is -0.492 e. The van der Waals surface area contributed by atoms with E-state index in [1.54, 1.807) is 12.1 Å². The van der Waals surface area contributed by atoms with E-state index in [9.17, 15) is 4.79 Å². The zero-order chi connectivity index (χ0) is 18.4. The van der Waals surface area contributed by atoms with Crippen LogP contribution in [0.1, 0.15) is 18.1 Å². The molecule has 0 fully saturated rings. The van der Waals surface area contributed by atoms with Gasteiger partial charge in [0.15, 0.2) is 0 Å². The van der Waals surface area contributed by atoms with Gasteiger partial charge in [-0.05, 0) is 63.2 Å². The summed E-state index contributed by atoms with van der Waals surface area (Å²) in [6.45, 7) is 7.08. The number of carbonyl (C=O) groups is 1. The molecule has 0 radical (unpaired) electrons. The summed E-state index contributed by atoms with van der Waals surface area (Å²) >= 11 is 5.79. The third kappa shape index (κ3) is 6.03. The van der Waals surface area contributed by atoms with E-state index in [0.717, 1.165) is 5.75 Å². The first-order valence-corrected chi connectivity index (χ1v) is 8.56. The highest BCUT2D eigenvalue weighted by Gasteiger charge is 2.18. The lowest BCUT2D eigenvalue weighted by Gasteiger charge is -2.23. The number of amides is 1. The Morgan fingerprint density at radius 2 is 1.96 bits per heavy atom. The molecule has 0 aliphatic heterocycles. The van der Waals surface area contributed by atoms with Crippen molar-refractivity contribution in [1.82, 2.24) is 9.88 Å². The minimum absolute atomic E-state index is 0.122. The van der Waals surface area contributed by atoms with Crippen molar-refractivity contribution in [2.45, 2.75) is 26.8 Å². The lowest BCUT2D eigenvalue weighted by molar-refractivity contribution is -0.120. The fourth-order valence-corrected chi connectivity index (χ4v) is 2.51. The normalized spacial score (nSPS) is 12.1. The van der Waals surface area contributed by atoms with E-state index in [-0.39, 0.29) is 11.9 Å². The molecule has 1 amide bonds. The summed E-state index contributed by atoms with van der Waals surface area (Å²) < 4.78 is 5.80. The molecule has 2 rings (SSSR count). The van der Waals surface area contributed by atoms with E-state index in [1.807, 2.05) is 44.9 Å². The number of anilines is 1. The third-order valence-electron chi connectivity index (χ3n) is 3.93. The second-order valence-electron chi connectivity index (χ2n) is 6.18. The number of likely N-dealkylation sites (N-methyl/N-ethyl adjacent to an activating group) is 1. The molecular formula is C19H24ClN3O2. The Morgan fingerprint density at radius 3 is 2.56 bits per heavy atom. The molecule has 0 bridgehead atoms. The summed E-state index contributed by atoms with van der Waals surface area (Å²) in [6.07, 6.45) is 1.50. The largest absolute Gasteiger partial charge is 0.492 e. The maximum atomic E-state index is 12.3. The Bertz CT molecular complexity index is 699. The van der Waals surface area contributed by atoms with Gasteiger partial charge >= 0.3 is 0 Å². The minimum atomic E-state index is -0.305. The van der Waals surface area contributed by atoms with Crippen LogP contribution in [0.4, 0.5) is 5.82 Å². The Balaban J connectivity index is 1.81. The number of pyridine rings is 1. The number of nitrogens with zero attached hydrogens (tertiary/aromatic N) is 2. The molecule has 1 aromatic heterocycles. The summed E-state index contributed by atoms with van der Waals surface area (Å²) in [6, 6.07) is 9.19. The average molecular weight is 362 g/mol. The van der Waals surface area contributed by atoms with Crippen LogP contribution in [-0.4, -0.2) is 42.0 Å². The van der Waals surface area contributed by atoms with Crippen molar-refractivity contribution in [1.29, 1.82) is 0 Å². The van der Waals surface area contributed by atoms with Crippen molar-refractivity contribution in [3.8, 4) is 5.75 Å². The van der Waals surface area contributed by atoms with Crippen molar-refractivity contribution in [3.05, 3.63) is 52.7 Å². The molecule has 0 unspecified atom stereocenters. The number of aryl methyl sites for hydroxylation is 2. The van der Waals surface area contributed by atoms with Gasteiger partial charge in [-0.3, -0.25) is 9.69 Å². The number of nitrogens with one attached hydrogen (secondary N) is 1. The monoisotopic (exact) mass is 361 g/mol. The molecule has 25 heavy (non-hydrogen) atoms. The molecule has 1 aromatic carbocycles. The van der Waals surface area contributed by atoms with Crippen molar-refractivity contribution in [2.75, 3.05) is 25.5 Å². The molecule has 0 aliphatic rings. The summed E-state index contributed by atoms with van der Waals surface area (Å²) in [5.74, 6) is 1.22. The van der Waals surface area contributed by atoms with Gasteiger partial charge in [0, 0.05) is 12.7 Å². The quantitative estimate of drug-likeness (QED) is 0.817. The van der Waals surface area contributed by atoms with Crippen LogP contribution >= 0.6 is 11.6 Å². The van der Waals surface area contributed by atoms with Gasteiger partial charge < -0.3 is 10.1 Å². The fraction of sp³-hybridized carbons (Fsp3) is 0.368. The number of aromatic nitrogens is 1. The highest BCUT2D eigenvalue weighted by molar-refractivity contribution is 6.30. The van der Waals surface area contributed by atoms with Crippen LogP contribution in [0.3, 0.4) is 0 Å². The Kier molecular flexibility index (Phi) is 6.79. The van der Waals surface area contributed by atoms with E-state index in [1.165, 1.54) is 17.3 Å². The number of rotatable bonds is 7. The standard InChI is InChI=1S/C19H24ClN3O2/c1-13-9-14(2)11-17(10-13)25-8-7-23(4)15(3)19(24)22-18-6-5-16(20)12-21-18/h5-6,9-12,15H,7-8H2,1-4H3,(H,21,22,24)/t15-/m0/s1. The molecule has 134 valence electrons. The van der Waals surface area contributed by atoms with E-state index < -0.39 is 0 Å². The van der Waals surface area contributed by atoms with E-state index in [4.69, 9.17) is 16.3 Å². The summed E-state index contributed by atoms with van der Waals surface area (Å²) in [5.41, 5.74) is 2.35. The van der Waals surface area contributed by atoms with Crippen LogP contribution < -0.4 is 10.1 Å². The van der Waals surface area contributed by atoms with Gasteiger partial charge in [0.2, 0.25) is 5.91 Å². The van der Waals surface area contributed by atoms with Crippen LogP contribution in [0, 0.1) is 13.8 Å². The molecular weight excluding hydrogens is 338 g/mol. The molecule has 0 spiro atoms. The lowest BCUT2D eigenvalue weighted by atomic mass is 10.1. The SMILES string of the molecule is Cc1cc(C)cc(OCCN(C)[C@@H](C)C(=O)Nc2ccc(Cl)cn2)c1. The summed E-state index contributed by atoms with van der Waals surface area (Å²) in [7, 11) is 1.89. The van der Waals surface area contributed by atoms with E-state index in [0.29, 0.717) is 24.0 Å². The predicted molar refractivity (Wildman–Crippen MR) is 101 cm³/mol. The first-order chi connectivity index (χ1) is 11.8. The van der Waals surface area contributed by atoms with Gasteiger partial charge in [-0.25, -0.2) is 4.98 Å². The Morgan fingerprint density at radius 1 is 1.28 bits per heavy atom. The second kappa shape index (κ2) is 8.83. The van der Waals surface area contributed by atoms with Crippen molar-refractivity contribution >= 4 is 23.3 Å². The maximum absolute atomic E-state index is 12.3. The van der Waals surface area contributed by atoms with Gasteiger partial charge in [0.1, 0.15) is 18.2 Å². The molecule has 6 heteroatoms. The van der Waals surface area contributed by atoms with E-state index >= 15 is 0 Å². The number of carbonyl (C=O) groups excluding carboxylic acids is 1. The number of ether oxygens (including phenoxy) is 1. The molecule has 0 saturated heterocycles. The average Bonchev–Trinajstić information content (AvgIpc) is 2.55. The number of benzene rings is 1. The number of hydrogen-bond donors (Lipinski definition) is 1. The molecule has 0 saturated carbocycles.